The molecule has 0 aliphatic heterocycles. The van der Waals surface area contributed by atoms with Crippen LogP contribution in [0.4, 0.5) is 18.9 Å². The van der Waals surface area contributed by atoms with Crippen LogP contribution >= 0.6 is 11.3 Å². The van der Waals surface area contributed by atoms with Gasteiger partial charge in [-0.05, 0) is 35.7 Å². The van der Waals surface area contributed by atoms with Crippen LogP contribution in [0.2, 0.25) is 0 Å². The van der Waals surface area contributed by atoms with Gasteiger partial charge in [0.1, 0.15) is 5.75 Å². The molecule has 0 aliphatic rings. The molecule has 0 bridgehead atoms. The average Bonchev–Trinajstić information content (AvgIpc) is 3.16. The lowest BCUT2D eigenvalue weighted by atomic mass is 10.3. The number of thiophene rings is 1. The second-order valence-corrected chi connectivity index (χ2v) is 5.23. The molecule has 2 aromatic heterocycles. The Morgan fingerprint density at radius 2 is 1.96 bits per heavy atom. The number of nitrogens with one attached hydrogen (secondary N) is 1. The van der Waals surface area contributed by atoms with Crippen LogP contribution in [0.1, 0.15) is 5.89 Å². The highest BCUT2D eigenvalue weighted by Gasteiger charge is 2.30. The van der Waals surface area contributed by atoms with Gasteiger partial charge in [0.05, 0.1) is 6.54 Å². The van der Waals surface area contributed by atoms with Crippen molar-refractivity contribution >= 4 is 17.0 Å². The highest BCUT2D eigenvalue weighted by Crippen LogP contribution is 2.24. The van der Waals surface area contributed by atoms with E-state index in [0.717, 1.165) is 5.56 Å². The summed E-state index contributed by atoms with van der Waals surface area (Å²) in [6.45, 7) is 0.261. The van der Waals surface area contributed by atoms with E-state index in [2.05, 4.69) is 20.2 Å². The molecule has 2 heterocycles. The van der Waals surface area contributed by atoms with E-state index in [1.165, 1.54) is 35.6 Å². The number of hydrogen-bond acceptors (Lipinski definition) is 6. The Hall–Kier alpha value is -2.55. The largest absolute Gasteiger partial charge is 0.573 e. The Balaban J connectivity index is 1.58. The van der Waals surface area contributed by atoms with Gasteiger partial charge in [0.25, 0.3) is 0 Å². The van der Waals surface area contributed by atoms with Crippen molar-refractivity contribution in [2.45, 2.75) is 12.9 Å². The van der Waals surface area contributed by atoms with Gasteiger partial charge in [0.15, 0.2) is 0 Å². The van der Waals surface area contributed by atoms with E-state index in [1.807, 2.05) is 16.8 Å². The van der Waals surface area contributed by atoms with E-state index in [0.29, 0.717) is 17.4 Å². The minimum Gasteiger partial charge on any atom is -0.406 e. The molecule has 1 aromatic carbocycles. The molecule has 3 aromatic rings. The average molecular weight is 341 g/mol. The summed E-state index contributed by atoms with van der Waals surface area (Å²) >= 11 is 1.53. The smallest absolute Gasteiger partial charge is 0.406 e. The van der Waals surface area contributed by atoms with Gasteiger partial charge in [-0.1, -0.05) is 5.16 Å². The number of nitrogens with zero attached hydrogens (tertiary/aromatic N) is 2. The molecule has 0 saturated heterocycles. The molecule has 3 rings (SSSR count). The predicted molar refractivity (Wildman–Crippen MR) is 78.1 cm³/mol. The first-order valence-electron chi connectivity index (χ1n) is 6.44. The Morgan fingerprint density at radius 3 is 2.61 bits per heavy atom. The van der Waals surface area contributed by atoms with Gasteiger partial charge in [0.2, 0.25) is 11.7 Å². The molecule has 0 amide bonds. The number of anilines is 1. The highest BCUT2D eigenvalue weighted by molar-refractivity contribution is 7.08. The summed E-state index contributed by atoms with van der Waals surface area (Å²) in [5, 5.41) is 10.7. The Labute approximate surface area is 132 Å². The third-order valence-corrected chi connectivity index (χ3v) is 3.46. The summed E-state index contributed by atoms with van der Waals surface area (Å²) in [5.74, 6) is 0.597. The summed E-state index contributed by atoms with van der Waals surface area (Å²) in [5.41, 5.74) is 1.48. The maximum atomic E-state index is 12.1. The van der Waals surface area contributed by atoms with Crippen LogP contribution in [-0.2, 0) is 6.54 Å². The lowest BCUT2D eigenvalue weighted by molar-refractivity contribution is -0.274. The van der Waals surface area contributed by atoms with Crippen molar-refractivity contribution in [1.29, 1.82) is 0 Å². The molecular formula is C14H10F3N3O2S. The van der Waals surface area contributed by atoms with Gasteiger partial charge in [-0.15, -0.1) is 13.2 Å². The number of ether oxygens (including phenoxy) is 1. The number of aromatic nitrogens is 2. The van der Waals surface area contributed by atoms with Crippen molar-refractivity contribution in [3.63, 3.8) is 0 Å². The molecule has 0 atom stereocenters. The zero-order valence-electron chi connectivity index (χ0n) is 11.5. The van der Waals surface area contributed by atoms with Gasteiger partial charge >= 0.3 is 6.36 Å². The third kappa shape index (κ3) is 4.22. The van der Waals surface area contributed by atoms with E-state index >= 15 is 0 Å². The first-order valence-corrected chi connectivity index (χ1v) is 7.39. The third-order valence-electron chi connectivity index (χ3n) is 2.78. The molecule has 0 radical (unpaired) electrons. The van der Waals surface area contributed by atoms with Crippen molar-refractivity contribution < 1.29 is 22.4 Å². The van der Waals surface area contributed by atoms with E-state index in [1.54, 1.807) is 0 Å². The molecule has 9 heteroatoms. The van der Waals surface area contributed by atoms with Crippen LogP contribution in [0.25, 0.3) is 11.4 Å². The molecule has 0 unspecified atom stereocenters. The van der Waals surface area contributed by atoms with E-state index in [4.69, 9.17) is 4.52 Å². The maximum Gasteiger partial charge on any atom is 0.573 e. The number of halogens is 3. The molecular weight excluding hydrogens is 331 g/mol. The van der Waals surface area contributed by atoms with Crippen LogP contribution in [0.3, 0.4) is 0 Å². The molecule has 0 saturated carbocycles. The maximum absolute atomic E-state index is 12.1. The van der Waals surface area contributed by atoms with Crippen LogP contribution in [-0.4, -0.2) is 16.5 Å². The SMILES string of the molecule is FC(F)(F)Oc1ccc(NCc2nc(-c3ccsc3)no2)cc1. The summed E-state index contributed by atoms with van der Waals surface area (Å²) in [7, 11) is 0. The minimum atomic E-state index is -4.70. The Kier molecular flexibility index (Phi) is 4.20. The summed E-state index contributed by atoms with van der Waals surface area (Å²) < 4.78 is 45.1. The number of benzene rings is 1. The van der Waals surface area contributed by atoms with Crippen molar-refractivity contribution in [3.05, 3.63) is 47.0 Å². The van der Waals surface area contributed by atoms with Crippen LogP contribution in [0.15, 0.2) is 45.6 Å². The zero-order chi connectivity index (χ0) is 16.3. The monoisotopic (exact) mass is 341 g/mol. The number of rotatable bonds is 5. The summed E-state index contributed by atoms with van der Waals surface area (Å²) in [6.07, 6.45) is -4.70. The van der Waals surface area contributed by atoms with Crippen LogP contribution in [0, 0.1) is 0 Å². The Bertz CT molecular complexity index is 754. The molecule has 0 spiro atoms. The molecule has 120 valence electrons. The van der Waals surface area contributed by atoms with Gasteiger partial charge < -0.3 is 14.6 Å². The number of hydrogen-bond donors (Lipinski definition) is 1. The molecule has 0 aliphatic carbocycles. The fraction of sp³-hybridized carbons (Fsp3) is 0.143. The molecule has 23 heavy (non-hydrogen) atoms. The highest BCUT2D eigenvalue weighted by atomic mass is 32.1. The summed E-state index contributed by atoms with van der Waals surface area (Å²) in [4.78, 5) is 4.23. The first kappa shape index (κ1) is 15.3. The fourth-order valence-corrected chi connectivity index (χ4v) is 2.42. The molecule has 0 fully saturated rings. The van der Waals surface area contributed by atoms with Crippen molar-refractivity contribution in [2.75, 3.05) is 5.32 Å². The summed E-state index contributed by atoms with van der Waals surface area (Å²) in [6, 6.07) is 7.27. The molecule has 1 N–H and O–H groups in total. The van der Waals surface area contributed by atoms with E-state index in [-0.39, 0.29) is 12.3 Å². The van der Waals surface area contributed by atoms with Crippen LogP contribution < -0.4 is 10.1 Å². The van der Waals surface area contributed by atoms with Gasteiger partial charge in [-0.25, -0.2) is 0 Å². The van der Waals surface area contributed by atoms with E-state index < -0.39 is 6.36 Å². The topological polar surface area (TPSA) is 60.2 Å². The standard InChI is InChI=1S/C14H10F3N3O2S/c15-14(16,17)21-11-3-1-10(2-4-11)18-7-12-19-13(20-22-12)9-5-6-23-8-9/h1-6,8,18H,7H2. The van der Waals surface area contributed by atoms with Crippen molar-refractivity contribution in [2.24, 2.45) is 0 Å². The second kappa shape index (κ2) is 6.29. The second-order valence-electron chi connectivity index (χ2n) is 4.45. The lowest BCUT2D eigenvalue weighted by Crippen LogP contribution is -2.17. The van der Waals surface area contributed by atoms with Crippen molar-refractivity contribution in [1.82, 2.24) is 10.1 Å². The quantitative estimate of drug-likeness (QED) is 0.749. The molecule has 5 nitrogen and oxygen atoms in total. The van der Waals surface area contributed by atoms with E-state index in [9.17, 15) is 13.2 Å². The first-order chi connectivity index (χ1) is 11.0. The predicted octanol–water partition coefficient (Wildman–Crippen LogP) is 4.31. The van der Waals surface area contributed by atoms with Crippen LogP contribution in [0.5, 0.6) is 5.75 Å². The lowest BCUT2D eigenvalue weighted by Gasteiger charge is -2.09. The fourth-order valence-electron chi connectivity index (χ4n) is 1.79. The van der Waals surface area contributed by atoms with Crippen molar-refractivity contribution in [3.8, 4) is 17.1 Å². The zero-order valence-corrected chi connectivity index (χ0v) is 12.3. The Morgan fingerprint density at radius 1 is 1.17 bits per heavy atom. The normalized spacial score (nSPS) is 11.4. The minimum absolute atomic E-state index is 0.261. The van der Waals surface area contributed by atoms with Gasteiger partial charge in [0, 0.05) is 16.6 Å². The number of alkyl halides is 3. The van der Waals surface area contributed by atoms with Gasteiger partial charge in [-0.2, -0.15) is 16.3 Å². The van der Waals surface area contributed by atoms with Gasteiger partial charge in [-0.3, -0.25) is 0 Å².